The molecule has 1 unspecified atom stereocenters. The summed E-state index contributed by atoms with van der Waals surface area (Å²) in [5, 5.41) is 9.52. The van der Waals surface area contributed by atoms with Crippen LogP contribution >= 0.6 is 0 Å². The van der Waals surface area contributed by atoms with Gasteiger partial charge in [0.2, 0.25) is 0 Å². The maximum Gasteiger partial charge on any atom is 0.178 e. The molecule has 0 bridgehead atoms. The van der Waals surface area contributed by atoms with Crippen LogP contribution in [0.3, 0.4) is 0 Å². The highest BCUT2D eigenvalue weighted by atomic mass is 19.1. The SMILES string of the molecule is CC.CC.CCCC(C)c1ccc(C)c(O)c1.CCCN(C)C.CO/C(C)=C/C=C\C(C)=N\C(C(C)=O)=C(/C)c1ccc(F)c(C)c1. The first-order chi connectivity index (χ1) is 22.2. The van der Waals surface area contributed by atoms with E-state index in [-0.39, 0.29) is 11.6 Å². The Balaban J connectivity index is -0.000000701. The molecule has 5 nitrogen and oxygen atoms in total. The fourth-order valence-electron chi connectivity index (χ4n) is 4.03. The normalized spacial score (nSPS) is 12.2. The summed E-state index contributed by atoms with van der Waals surface area (Å²) in [7, 11) is 5.78. The van der Waals surface area contributed by atoms with Crippen molar-refractivity contribution in [3.63, 3.8) is 0 Å². The van der Waals surface area contributed by atoms with E-state index in [4.69, 9.17) is 4.74 Å². The van der Waals surface area contributed by atoms with E-state index in [9.17, 15) is 14.3 Å². The molecule has 0 saturated carbocycles. The topological polar surface area (TPSA) is 62.1 Å². The van der Waals surface area contributed by atoms with E-state index in [1.54, 1.807) is 32.2 Å². The van der Waals surface area contributed by atoms with Crippen molar-refractivity contribution < 1.29 is 19.0 Å². The van der Waals surface area contributed by atoms with Gasteiger partial charge in [0.05, 0.1) is 12.9 Å². The highest BCUT2D eigenvalue weighted by molar-refractivity contribution is 6.05. The van der Waals surface area contributed by atoms with Gasteiger partial charge in [0.25, 0.3) is 0 Å². The lowest BCUT2D eigenvalue weighted by molar-refractivity contribution is -0.113. The summed E-state index contributed by atoms with van der Waals surface area (Å²) in [6.45, 7) is 26.4. The second-order valence-electron chi connectivity index (χ2n) is 11.1. The Labute approximate surface area is 288 Å². The number of benzene rings is 2. The summed E-state index contributed by atoms with van der Waals surface area (Å²) >= 11 is 0. The molecule has 0 fully saturated rings. The van der Waals surface area contributed by atoms with Gasteiger partial charge < -0.3 is 14.7 Å². The first-order valence-electron chi connectivity index (χ1n) is 17.0. The van der Waals surface area contributed by atoms with Crippen LogP contribution in [0, 0.1) is 19.7 Å². The zero-order valence-electron chi connectivity index (χ0n) is 32.6. The number of ketones is 1. The van der Waals surface area contributed by atoms with Gasteiger partial charge in [0.1, 0.15) is 17.3 Å². The number of Topliss-reactive ketones (excluding diaryl/α,β-unsaturated/α-hetero) is 1. The molecule has 2 aromatic rings. The van der Waals surface area contributed by atoms with E-state index < -0.39 is 0 Å². The highest BCUT2D eigenvalue weighted by Gasteiger charge is 2.11. The molecule has 1 atom stereocenters. The lowest BCUT2D eigenvalue weighted by Gasteiger charge is -2.11. The average molecular weight is 655 g/mol. The van der Waals surface area contributed by atoms with Crippen molar-refractivity contribution in [1.82, 2.24) is 4.90 Å². The quantitative estimate of drug-likeness (QED) is 0.113. The maximum absolute atomic E-state index is 13.4. The third-order valence-corrected chi connectivity index (χ3v) is 6.75. The summed E-state index contributed by atoms with van der Waals surface area (Å²) < 4.78 is 18.5. The molecule has 2 rings (SSSR count). The molecule has 6 heteroatoms. The van der Waals surface area contributed by atoms with Crippen molar-refractivity contribution in [2.75, 3.05) is 27.7 Å². The number of carbonyl (C=O) groups is 1. The summed E-state index contributed by atoms with van der Waals surface area (Å²) in [6, 6.07) is 10.8. The molecule has 266 valence electrons. The number of carbonyl (C=O) groups excluding carboxylic acids is 1. The number of allylic oxidation sites excluding steroid dienone is 6. The Morgan fingerprint density at radius 3 is 1.98 bits per heavy atom. The van der Waals surface area contributed by atoms with Gasteiger partial charge >= 0.3 is 0 Å². The van der Waals surface area contributed by atoms with E-state index in [0.29, 0.717) is 28.6 Å². The first kappa shape index (κ1) is 47.9. The number of nitrogens with zero attached hydrogens (tertiary/aromatic N) is 2. The van der Waals surface area contributed by atoms with Crippen LogP contribution in [0.15, 0.2) is 71.1 Å². The smallest absolute Gasteiger partial charge is 0.178 e. The number of aromatic hydroxyl groups is 1. The zero-order chi connectivity index (χ0) is 37.1. The summed E-state index contributed by atoms with van der Waals surface area (Å²) in [4.78, 5) is 18.6. The minimum Gasteiger partial charge on any atom is -0.508 e. The third kappa shape index (κ3) is 21.8. The fourth-order valence-corrected chi connectivity index (χ4v) is 4.03. The molecule has 2 aromatic carbocycles. The molecule has 0 aliphatic rings. The average Bonchev–Trinajstić information content (AvgIpc) is 3.04. The van der Waals surface area contributed by atoms with Gasteiger partial charge in [-0.05, 0) is 132 Å². The molecule has 0 saturated heterocycles. The van der Waals surface area contributed by atoms with Gasteiger partial charge in [-0.2, -0.15) is 0 Å². The Morgan fingerprint density at radius 1 is 0.957 bits per heavy atom. The molecule has 0 heterocycles. The zero-order valence-corrected chi connectivity index (χ0v) is 32.6. The van der Waals surface area contributed by atoms with Crippen LogP contribution in [0.1, 0.15) is 124 Å². The summed E-state index contributed by atoms with van der Waals surface area (Å²) in [5.74, 6) is 1.35. The second kappa shape index (κ2) is 28.7. The van der Waals surface area contributed by atoms with Gasteiger partial charge in [0.15, 0.2) is 5.78 Å². The molecular weight excluding hydrogens is 587 g/mol. The third-order valence-electron chi connectivity index (χ3n) is 6.75. The van der Waals surface area contributed by atoms with E-state index in [1.807, 2.05) is 79.7 Å². The van der Waals surface area contributed by atoms with Crippen LogP contribution in [-0.2, 0) is 9.53 Å². The molecule has 0 amide bonds. The monoisotopic (exact) mass is 655 g/mol. The van der Waals surface area contributed by atoms with Crippen molar-refractivity contribution in [2.45, 2.75) is 115 Å². The van der Waals surface area contributed by atoms with Crippen molar-refractivity contribution in [2.24, 2.45) is 4.99 Å². The summed E-state index contributed by atoms with van der Waals surface area (Å²) in [6.07, 6.45) is 9.05. The number of aryl methyl sites for hydroxylation is 2. The number of phenols is 1. The van der Waals surface area contributed by atoms with Gasteiger partial charge in [-0.15, -0.1) is 0 Å². The number of aliphatic imine (C=N–C) groups is 1. The van der Waals surface area contributed by atoms with Crippen LogP contribution in [0.5, 0.6) is 5.75 Å². The van der Waals surface area contributed by atoms with Crippen molar-refractivity contribution >= 4 is 17.1 Å². The first-order valence-corrected chi connectivity index (χ1v) is 17.0. The Hall–Kier alpha value is -3.51. The molecule has 47 heavy (non-hydrogen) atoms. The maximum atomic E-state index is 13.4. The molecule has 0 aliphatic heterocycles. The molecule has 0 radical (unpaired) electrons. The van der Waals surface area contributed by atoms with Crippen molar-refractivity contribution in [3.8, 4) is 5.75 Å². The Kier molecular flexibility index (Phi) is 29.2. The molecule has 0 spiro atoms. The van der Waals surface area contributed by atoms with E-state index in [0.717, 1.165) is 22.5 Å². The minimum absolute atomic E-state index is 0.133. The number of phenolic OH excluding ortho intramolecular Hbond substituents is 1. The predicted octanol–water partition coefficient (Wildman–Crippen LogP) is 11.6. The van der Waals surface area contributed by atoms with Crippen LogP contribution in [0.4, 0.5) is 4.39 Å². The number of methoxy groups -OCH3 is 1. The standard InChI is InChI=1S/C20H24FNO2.C12H18O.C5H13N.2C2H6/c1-13-12-18(10-11-19(13)21)16(4)20(17(5)23)22-14(2)8-7-9-15(3)24-6;1-4-5-9(2)11-7-6-10(3)12(13)8-11;1-4-5-6(2)3;2*1-2/h7-12H,1-6H3;6-9,13H,4-5H2,1-3H3;4-5H2,1-3H3;2*1-2H3/b8-7-,15-9+,20-16+,22-14+;;;;. The molecular formula is C41H67FN2O3. The van der Waals surface area contributed by atoms with Crippen LogP contribution in [-0.4, -0.2) is 49.3 Å². The number of halogens is 1. The number of ether oxygens (including phenoxy) is 1. The Morgan fingerprint density at radius 2 is 1.55 bits per heavy atom. The highest BCUT2D eigenvalue weighted by Crippen LogP contribution is 2.26. The lowest BCUT2D eigenvalue weighted by Crippen LogP contribution is -2.11. The number of rotatable bonds is 11. The predicted molar refractivity (Wildman–Crippen MR) is 205 cm³/mol. The minimum atomic E-state index is -0.265. The van der Waals surface area contributed by atoms with E-state index in [1.165, 1.54) is 44.4 Å². The van der Waals surface area contributed by atoms with Crippen LogP contribution in [0.2, 0.25) is 0 Å². The largest absolute Gasteiger partial charge is 0.508 e. The van der Waals surface area contributed by atoms with Crippen LogP contribution in [0.25, 0.3) is 5.57 Å². The second-order valence-corrected chi connectivity index (χ2v) is 11.1. The van der Waals surface area contributed by atoms with Crippen LogP contribution < -0.4 is 0 Å². The number of hydrogen-bond acceptors (Lipinski definition) is 5. The molecule has 1 N–H and O–H groups in total. The molecule has 0 aromatic heterocycles. The van der Waals surface area contributed by atoms with Gasteiger partial charge in [0, 0.05) is 12.6 Å². The van der Waals surface area contributed by atoms with E-state index >= 15 is 0 Å². The summed E-state index contributed by atoms with van der Waals surface area (Å²) in [5.41, 5.74) is 5.30. The number of hydrogen-bond donors (Lipinski definition) is 1. The van der Waals surface area contributed by atoms with Gasteiger partial charge in [-0.25, -0.2) is 9.38 Å². The van der Waals surface area contributed by atoms with Crippen molar-refractivity contribution in [3.05, 3.63) is 94.2 Å². The molecule has 0 aliphatic carbocycles. The fraction of sp³-hybridized carbons (Fsp3) is 0.512. The Bertz CT molecular complexity index is 1270. The lowest BCUT2D eigenvalue weighted by atomic mass is 9.95. The van der Waals surface area contributed by atoms with Crippen molar-refractivity contribution in [1.29, 1.82) is 0 Å². The van der Waals surface area contributed by atoms with Gasteiger partial charge in [-0.1, -0.05) is 79.2 Å². The van der Waals surface area contributed by atoms with Gasteiger partial charge in [-0.3, -0.25) is 4.79 Å². The van der Waals surface area contributed by atoms with E-state index in [2.05, 4.69) is 50.8 Å².